The fourth-order valence-electron chi connectivity index (χ4n) is 5.00. The first-order valence-electron chi connectivity index (χ1n) is 21.3. The number of unbranched alkanes of at least 4 members (excludes halogenated alkanes) is 9. The molecule has 0 aromatic carbocycles. The number of phosphoric acid groups is 1. The number of carbonyl (C=O) groups is 2. The van der Waals surface area contributed by atoms with Gasteiger partial charge >= 0.3 is 11.9 Å². The molecule has 0 heterocycles. The second-order valence-electron chi connectivity index (χ2n) is 15.0. The van der Waals surface area contributed by atoms with E-state index in [4.69, 9.17) is 18.5 Å². The summed E-state index contributed by atoms with van der Waals surface area (Å²) in [6, 6.07) is 0. The van der Waals surface area contributed by atoms with Gasteiger partial charge in [-0.05, 0) is 89.9 Å². The third kappa shape index (κ3) is 40.8. The Hall–Kier alpha value is -2.81. The van der Waals surface area contributed by atoms with E-state index in [0.29, 0.717) is 30.3 Å². The lowest BCUT2D eigenvalue weighted by Crippen LogP contribution is -2.37. The maximum atomic E-state index is 12.6. The number of esters is 2. The zero-order chi connectivity index (χ0) is 41.4. The molecule has 0 radical (unpaired) electrons. The molecule has 0 saturated carbocycles. The van der Waals surface area contributed by atoms with Crippen LogP contribution < -0.4 is 4.89 Å². The smallest absolute Gasteiger partial charge is 0.306 e. The Morgan fingerprint density at radius 2 is 0.964 bits per heavy atom. The van der Waals surface area contributed by atoms with Crippen LogP contribution in [0.4, 0.5) is 0 Å². The largest absolute Gasteiger partial charge is 0.756 e. The van der Waals surface area contributed by atoms with Gasteiger partial charge in [0.25, 0.3) is 7.82 Å². The van der Waals surface area contributed by atoms with Gasteiger partial charge in [0.05, 0.1) is 27.7 Å². The summed E-state index contributed by atoms with van der Waals surface area (Å²) in [5, 5.41) is 0. The van der Waals surface area contributed by atoms with Crippen LogP contribution in [0.15, 0.2) is 85.1 Å². The molecule has 0 aliphatic heterocycles. The number of carbonyl (C=O) groups excluding carboxylic acids is 2. The summed E-state index contributed by atoms with van der Waals surface area (Å²) in [4.78, 5) is 37.4. The third-order valence-corrected chi connectivity index (χ3v) is 9.35. The Morgan fingerprint density at radius 1 is 0.554 bits per heavy atom. The standard InChI is InChI=1S/C46H78NO8P/c1-6-8-10-12-14-16-18-20-22-23-25-27-29-31-33-35-37-39-46(49)55-44(43-54-56(50,51)53-41-40-47(3,4)5)42-52-45(48)38-36-34-32-30-28-26-24-21-19-17-15-13-11-9-7-2/h14-17,20-22,24-25,27-28,30-31,33,44H,6-13,18-19,23,26,29,32,34-43H2,1-5H3/b16-14+,17-15+,22-20+,24-21+,27-25+,30-28+,33-31+/t44-/m1/s1. The molecule has 0 spiro atoms. The number of rotatable bonds is 37. The highest BCUT2D eigenvalue weighted by Crippen LogP contribution is 2.38. The van der Waals surface area contributed by atoms with E-state index in [-0.39, 0.29) is 26.1 Å². The summed E-state index contributed by atoms with van der Waals surface area (Å²) < 4.78 is 33.7. The van der Waals surface area contributed by atoms with E-state index in [9.17, 15) is 19.0 Å². The highest BCUT2D eigenvalue weighted by molar-refractivity contribution is 7.45. The topological polar surface area (TPSA) is 111 Å². The molecule has 0 aromatic heterocycles. The predicted octanol–water partition coefficient (Wildman–Crippen LogP) is 11.4. The predicted molar refractivity (Wildman–Crippen MR) is 231 cm³/mol. The number of allylic oxidation sites excluding steroid dienone is 14. The Bertz CT molecular complexity index is 1230. The summed E-state index contributed by atoms with van der Waals surface area (Å²) in [5.74, 6) is -0.955. The van der Waals surface area contributed by atoms with E-state index in [0.717, 1.165) is 57.8 Å². The Morgan fingerprint density at radius 3 is 1.41 bits per heavy atom. The first kappa shape index (κ1) is 53.2. The Balaban J connectivity index is 4.57. The van der Waals surface area contributed by atoms with Crippen LogP contribution in [0.1, 0.15) is 142 Å². The van der Waals surface area contributed by atoms with Gasteiger partial charge in [-0.15, -0.1) is 0 Å². The number of nitrogens with zero attached hydrogens (tertiary/aromatic N) is 1. The zero-order valence-electron chi connectivity index (χ0n) is 35.8. The highest BCUT2D eigenvalue weighted by atomic mass is 31.2. The zero-order valence-corrected chi connectivity index (χ0v) is 36.7. The van der Waals surface area contributed by atoms with E-state index in [2.05, 4.69) is 92.8 Å². The molecule has 0 fully saturated rings. The molecule has 0 aliphatic rings. The van der Waals surface area contributed by atoms with Crippen molar-refractivity contribution in [2.24, 2.45) is 0 Å². The second kappa shape index (κ2) is 37.7. The summed E-state index contributed by atoms with van der Waals surface area (Å²) in [5.41, 5.74) is 0. The van der Waals surface area contributed by atoms with Gasteiger partial charge in [0.2, 0.25) is 0 Å². The molecule has 2 atom stereocenters. The Kier molecular flexibility index (Phi) is 35.9. The lowest BCUT2D eigenvalue weighted by molar-refractivity contribution is -0.870. The number of hydrogen-bond donors (Lipinski definition) is 0. The van der Waals surface area contributed by atoms with Crippen molar-refractivity contribution < 1.29 is 42.1 Å². The number of likely N-dealkylation sites (N-methyl/N-ethyl adjacent to an activating group) is 1. The maximum Gasteiger partial charge on any atom is 0.306 e. The van der Waals surface area contributed by atoms with Gasteiger partial charge in [-0.1, -0.05) is 125 Å². The molecule has 9 nitrogen and oxygen atoms in total. The van der Waals surface area contributed by atoms with Crippen LogP contribution in [-0.4, -0.2) is 70.0 Å². The molecule has 1 unspecified atom stereocenters. The van der Waals surface area contributed by atoms with Crippen LogP contribution in [0, 0.1) is 0 Å². The van der Waals surface area contributed by atoms with Crippen molar-refractivity contribution in [2.75, 3.05) is 47.5 Å². The first-order valence-corrected chi connectivity index (χ1v) is 22.8. The second-order valence-corrected chi connectivity index (χ2v) is 16.4. The summed E-state index contributed by atoms with van der Waals surface area (Å²) in [6.07, 6.45) is 47.6. The molecule has 10 heteroatoms. The molecular formula is C46H78NO8P. The molecule has 0 aromatic rings. The van der Waals surface area contributed by atoms with Gasteiger partial charge in [0, 0.05) is 12.8 Å². The number of ether oxygens (including phenoxy) is 2. The molecule has 56 heavy (non-hydrogen) atoms. The van der Waals surface area contributed by atoms with Crippen molar-refractivity contribution in [3.05, 3.63) is 85.1 Å². The fourth-order valence-corrected chi connectivity index (χ4v) is 5.73. The van der Waals surface area contributed by atoms with Gasteiger partial charge in [-0.3, -0.25) is 14.2 Å². The van der Waals surface area contributed by atoms with Crippen LogP contribution in [0.25, 0.3) is 0 Å². The third-order valence-electron chi connectivity index (χ3n) is 8.39. The van der Waals surface area contributed by atoms with E-state index in [1.807, 2.05) is 27.2 Å². The van der Waals surface area contributed by atoms with Gasteiger partial charge in [-0.2, -0.15) is 0 Å². The van der Waals surface area contributed by atoms with Crippen molar-refractivity contribution in [1.82, 2.24) is 0 Å². The lowest BCUT2D eigenvalue weighted by atomic mass is 10.1. The van der Waals surface area contributed by atoms with Crippen molar-refractivity contribution in [1.29, 1.82) is 0 Å². The quantitative estimate of drug-likeness (QED) is 0.0201. The van der Waals surface area contributed by atoms with Crippen molar-refractivity contribution in [3.63, 3.8) is 0 Å². The van der Waals surface area contributed by atoms with Crippen LogP contribution in [-0.2, 0) is 32.7 Å². The number of hydrogen-bond acceptors (Lipinski definition) is 8. The monoisotopic (exact) mass is 804 g/mol. The van der Waals surface area contributed by atoms with E-state index in [1.165, 1.54) is 38.5 Å². The molecule has 320 valence electrons. The minimum atomic E-state index is -4.65. The average Bonchev–Trinajstić information content (AvgIpc) is 3.15. The highest BCUT2D eigenvalue weighted by Gasteiger charge is 2.21. The van der Waals surface area contributed by atoms with Crippen LogP contribution in [0.2, 0.25) is 0 Å². The SMILES string of the molecule is CCCCC/C=C/C/C=C/C/C=C/C/C=C/CCCC(=O)O[C@H](COC(=O)CCCC/C=C/C/C=C/C/C=C/CCCCC)COP(=O)([O-])OCC[N+](C)(C)C. The van der Waals surface area contributed by atoms with Gasteiger partial charge in [-0.25, -0.2) is 0 Å². The summed E-state index contributed by atoms with van der Waals surface area (Å²) in [6.45, 7) is 4.03. The van der Waals surface area contributed by atoms with Crippen LogP contribution >= 0.6 is 7.82 Å². The Labute approximate surface area is 341 Å². The van der Waals surface area contributed by atoms with Crippen LogP contribution in [0.3, 0.4) is 0 Å². The molecular weight excluding hydrogens is 725 g/mol. The number of quaternary nitrogens is 1. The minimum absolute atomic E-state index is 0.0516. The lowest BCUT2D eigenvalue weighted by Gasteiger charge is -2.28. The van der Waals surface area contributed by atoms with Crippen molar-refractivity contribution in [3.8, 4) is 0 Å². The van der Waals surface area contributed by atoms with E-state index in [1.54, 1.807) is 0 Å². The van der Waals surface area contributed by atoms with Crippen molar-refractivity contribution >= 4 is 19.8 Å². The molecule has 0 saturated heterocycles. The molecule has 0 aliphatic carbocycles. The van der Waals surface area contributed by atoms with Crippen LogP contribution in [0.5, 0.6) is 0 Å². The fraction of sp³-hybridized carbons (Fsp3) is 0.652. The van der Waals surface area contributed by atoms with Gasteiger partial charge in [0.15, 0.2) is 6.10 Å². The van der Waals surface area contributed by atoms with E-state index >= 15 is 0 Å². The number of phosphoric ester groups is 1. The molecule has 0 amide bonds. The minimum Gasteiger partial charge on any atom is -0.756 e. The first-order chi connectivity index (χ1) is 27.0. The van der Waals surface area contributed by atoms with E-state index < -0.39 is 32.5 Å². The average molecular weight is 804 g/mol. The summed E-state index contributed by atoms with van der Waals surface area (Å²) >= 11 is 0. The maximum absolute atomic E-state index is 12.6. The van der Waals surface area contributed by atoms with Gasteiger partial charge < -0.3 is 27.9 Å². The van der Waals surface area contributed by atoms with Gasteiger partial charge in [0.1, 0.15) is 19.8 Å². The normalized spacial score (nSPS) is 14.5. The molecule has 0 N–H and O–H groups in total. The molecule has 0 bridgehead atoms. The molecule has 0 rings (SSSR count). The summed E-state index contributed by atoms with van der Waals surface area (Å²) in [7, 11) is 1.09. The van der Waals surface area contributed by atoms with Crippen molar-refractivity contribution in [2.45, 2.75) is 148 Å².